The molecule has 2 aliphatic heterocycles. The van der Waals surface area contributed by atoms with Crippen LogP contribution in [0, 0.1) is 0 Å². The lowest BCUT2D eigenvalue weighted by molar-refractivity contribution is -0.190. The Bertz CT molecular complexity index is 1590. The van der Waals surface area contributed by atoms with E-state index >= 15 is 0 Å². The number of piperazine rings is 1. The molecule has 2 saturated heterocycles. The maximum Gasteiger partial charge on any atom is 0.217 e. The average molecular weight is 685 g/mol. The second-order valence-electron chi connectivity index (χ2n) is 11.0. The van der Waals surface area contributed by atoms with Crippen molar-refractivity contribution < 1.29 is 19.3 Å². The van der Waals surface area contributed by atoms with Crippen molar-refractivity contribution in [3.05, 3.63) is 95.0 Å². The zero-order chi connectivity index (χ0) is 31.9. The molecule has 4 aromatic rings. The number of aromatic nitrogens is 3. The van der Waals surface area contributed by atoms with E-state index in [2.05, 4.69) is 54.8 Å². The molecule has 3 N–H and O–H groups in total. The standard InChI is InChI=1S/C32H35Cl2N7O4S/c33-23-1-10-29(30(34)17-23)32(20-41-22-35-21-37-41)44-19-28(45-32)18-43-27-8-6-26(7-9-27)40-14-12-39(13-15-40)25-4-2-24(3-5-25)38-31(46)36-11-16-42/h1-10,17,21-22,28,42H,11-16,18-20H2,(H2,36,38,46)/t28-,32-/m1/s1. The quantitative estimate of drug-likeness (QED) is 0.194. The summed E-state index contributed by atoms with van der Waals surface area (Å²) in [5, 5.41) is 20.7. The smallest absolute Gasteiger partial charge is 0.217 e. The lowest BCUT2D eigenvalue weighted by Crippen LogP contribution is -2.46. The molecular formula is C32H35Cl2N7O4S. The molecule has 11 nitrogen and oxygen atoms in total. The van der Waals surface area contributed by atoms with Crippen LogP contribution in [0.2, 0.25) is 10.0 Å². The van der Waals surface area contributed by atoms with Crippen LogP contribution in [-0.4, -0.2) is 83.6 Å². The van der Waals surface area contributed by atoms with E-state index in [-0.39, 0.29) is 19.3 Å². The number of aliphatic hydroxyl groups excluding tert-OH is 1. The molecular weight excluding hydrogens is 649 g/mol. The molecule has 0 spiro atoms. The summed E-state index contributed by atoms with van der Waals surface area (Å²) in [5.74, 6) is -0.399. The lowest BCUT2D eigenvalue weighted by Gasteiger charge is -2.37. The Labute approximate surface area is 283 Å². The van der Waals surface area contributed by atoms with Crippen molar-refractivity contribution >= 4 is 57.6 Å². The third-order valence-electron chi connectivity index (χ3n) is 7.84. The fourth-order valence-corrected chi connectivity index (χ4v) is 6.32. The van der Waals surface area contributed by atoms with Crippen LogP contribution in [0.15, 0.2) is 79.4 Å². The predicted molar refractivity (Wildman–Crippen MR) is 183 cm³/mol. The zero-order valence-corrected chi connectivity index (χ0v) is 27.3. The minimum Gasteiger partial charge on any atom is -0.491 e. The first-order valence-corrected chi connectivity index (χ1v) is 16.2. The molecule has 242 valence electrons. The van der Waals surface area contributed by atoms with Crippen LogP contribution in [0.1, 0.15) is 5.56 Å². The van der Waals surface area contributed by atoms with Gasteiger partial charge in [-0.3, -0.25) is 0 Å². The Morgan fingerprint density at radius 2 is 1.70 bits per heavy atom. The Morgan fingerprint density at radius 3 is 2.33 bits per heavy atom. The molecule has 3 heterocycles. The number of thiocarbonyl (C=S) groups is 1. The molecule has 0 unspecified atom stereocenters. The predicted octanol–water partition coefficient (Wildman–Crippen LogP) is 4.54. The van der Waals surface area contributed by atoms with Crippen LogP contribution in [-0.2, 0) is 21.8 Å². The van der Waals surface area contributed by atoms with Crippen LogP contribution in [0.5, 0.6) is 5.75 Å². The zero-order valence-electron chi connectivity index (χ0n) is 25.0. The number of rotatable bonds is 11. The third-order valence-corrected chi connectivity index (χ3v) is 8.64. The maximum absolute atomic E-state index is 8.93. The van der Waals surface area contributed by atoms with Gasteiger partial charge in [0.1, 0.15) is 37.7 Å². The van der Waals surface area contributed by atoms with Gasteiger partial charge in [0.15, 0.2) is 5.11 Å². The summed E-state index contributed by atoms with van der Waals surface area (Å²) in [4.78, 5) is 8.80. The van der Waals surface area contributed by atoms with Crippen molar-refractivity contribution in [2.75, 3.05) is 67.7 Å². The molecule has 0 saturated carbocycles. The molecule has 0 amide bonds. The number of benzene rings is 3. The van der Waals surface area contributed by atoms with E-state index in [1.54, 1.807) is 23.1 Å². The summed E-state index contributed by atoms with van der Waals surface area (Å²) in [6.45, 7) is 4.99. The van der Waals surface area contributed by atoms with Crippen LogP contribution in [0.3, 0.4) is 0 Å². The molecule has 2 atom stereocenters. The van der Waals surface area contributed by atoms with Crippen molar-refractivity contribution in [2.24, 2.45) is 0 Å². The van der Waals surface area contributed by atoms with Crippen LogP contribution in [0.4, 0.5) is 17.1 Å². The molecule has 6 rings (SSSR count). The SMILES string of the molecule is OCCNC(=S)Nc1ccc(N2CCN(c3ccc(OC[C@@H]4CO[C@@](Cn5cncn5)(c5ccc(Cl)cc5Cl)O4)cc3)CC2)cc1. The Balaban J connectivity index is 0.999. The minimum atomic E-state index is -1.15. The monoisotopic (exact) mass is 683 g/mol. The van der Waals surface area contributed by atoms with Crippen molar-refractivity contribution in [1.82, 2.24) is 20.1 Å². The van der Waals surface area contributed by atoms with Gasteiger partial charge in [0.05, 0.1) is 18.2 Å². The van der Waals surface area contributed by atoms with Gasteiger partial charge in [0.25, 0.3) is 0 Å². The highest BCUT2D eigenvalue weighted by Crippen LogP contribution is 2.40. The minimum absolute atomic E-state index is 0.0343. The van der Waals surface area contributed by atoms with E-state index in [1.807, 2.05) is 30.3 Å². The van der Waals surface area contributed by atoms with E-state index in [0.717, 1.165) is 43.3 Å². The number of halogens is 2. The molecule has 0 radical (unpaired) electrons. The van der Waals surface area contributed by atoms with Gasteiger partial charge in [-0.1, -0.05) is 29.3 Å². The summed E-state index contributed by atoms with van der Waals surface area (Å²) in [5.41, 5.74) is 3.90. The van der Waals surface area contributed by atoms with Crippen molar-refractivity contribution in [2.45, 2.75) is 18.4 Å². The first kappa shape index (κ1) is 32.3. The van der Waals surface area contributed by atoms with Gasteiger partial charge in [-0.15, -0.1) is 0 Å². The summed E-state index contributed by atoms with van der Waals surface area (Å²) < 4.78 is 20.5. The van der Waals surface area contributed by atoms with Gasteiger partial charge in [-0.2, -0.15) is 5.10 Å². The van der Waals surface area contributed by atoms with Crippen molar-refractivity contribution in [3.63, 3.8) is 0 Å². The van der Waals surface area contributed by atoms with Gasteiger partial charge in [-0.05, 0) is 72.9 Å². The molecule has 2 fully saturated rings. The van der Waals surface area contributed by atoms with Gasteiger partial charge < -0.3 is 39.8 Å². The van der Waals surface area contributed by atoms with Crippen LogP contribution >= 0.6 is 35.4 Å². The Morgan fingerprint density at radius 1 is 1.00 bits per heavy atom. The van der Waals surface area contributed by atoms with Gasteiger partial charge in [-0.25, -0.2) is 9.67 Å². The molecule has 2 aliphatic rings. The summed E-state index contributed by atoms with van der Waals surface area (Å²) in [6.07, 6.45) is 2.75. The van der Waals surface area contributed by atoms with E-state index < -0.39 is 5.79 Å². The molecule has 3 aromatic carbocycles. The van der Waals surface area contributed by atoms with Gasteiger partial charge >= 0.3 is 0 Å². The highest BCUT2D eigenvalue weighted by molar-refractivity contribution is 7.80. The first-order valence-electron chi connectivity index (χ1n) is 15.0. The van der Waals surface area contributed by atoms with Crippen molar-refractivity contribution in [3.8, 4) is 5.75 Å². The summed E-state index contributed by atoms with van der Waals surface area (Å²) in [7, 11) is 0. The number of nitrogens with one attached hydrogen (secondary N) is 2. The van der Waals surface area contributed by atoms with Crippen LogP contribution in [0.25, 0.3) is 0 Å². The topological polar surface area (TPSA) is 109 Å². The number of hydrogen-bond acceptors (Lipinski definition) is 9. The van der Waals surface area contributed by atoms with Crippen molar-refractivity contribution in [1.29, 1.82) is 0 Å². The highest BCUT2D eigenvalue weighted by Gasteiger charge is 2.45. The normalized spacial score (nSPS) is 19.7. The Hall–Kier alpha value is -3.65. The Kier molecular flexibility index (Phi) is 10.4. The fraction of sp³-hybridized carbons (Fsp3) is 0.344. The van der Waals surface area contributed by atoms with Gasteiger partial charge in [0.2, 0.25) is 5.79 Å². The largest absolute Gasteiger partial charge is 0.491 e. The molecule has 14 heteroatoms. The van der Waals surface area contributed by atoms with Gasteiger partial charge in [0, 0.05) is 60.4 Å². The summed E-state index contributed by atoms with van der Waals surface area (Å²) in [6, 6.07) is 21.6. The van der Waals surface area contributed by atoms with E-state index in [9.17, 15) is 0 Å². The van der Waals surface area contributed by atoms with E-state index in [4.69, 9.17) is 54.7 Å². The molecule has 0 bridgehead atoms. The second-order valence-corrected chi connectivity index (χ2v) is 12.2. The number of anilines is 3. The number of hydrogen-bond donors (Lipinski definition) is 3. The number of aliphatic hydroxyl groups is 1. The molecule has 1 aromatic heterocycles. The first-order chi connectivity index (χ1) is 22.4. The second kappa shape index (κ2) is 14.8. The fourth-order valence-electron chi connectivity index (χ4n) is 5.55. The maximum atomic E-state index is 8.93. The lowest BCUT2D eigenvalue weighted by atomic mass is 10.1. The number of ether oxygens (including phenoxy) is 3. The van der Waals surface area contributed by atoms with E-state index in [0.29, 0.717) is 40.5 Å². The molecule has 46 heavy (non-hydrogen) atoms. The highest BCUT2D eigenvalue weighted by atomic mass is 35.5. The molecule has 0 aliphatic carbocycles. The summed E-state index contributed by atoms with van der Waals surface area (Å²) >= 11 is 18.0. The van der Waals surface area contributed by atoms with Crippen LogP contribution < -0.4 is 25.2 Å². The average Bonchev–Trinajstić information content (AvgIpc) is 3.74. The number of nitrogens with zero attached hydrogens (tertiary/aromatic N) is 5. The third kappa shape index (κ3) is 7.83. The van der Waals surface area contributed by atoms with E-state index in [1.165, 1.54) is 12.0 Å².